The molecule has 4 aliphatic rings. The molecule has 0 unspecified atom stereocenters. The van der Waals surface area contributed by atoms with Crippen LogP contribution < -0.4 is 26.2 Å². The maximum absolute atomic E-state index is 7.68. The van der Waals surface area contributed by atoms with Crippen LogP contribution in [-0.4, -0.2) is 6.71 Å². The Morgan fingerprint density at radius 3 is 1.63 bits per heavy atom. The fourth-order valence-corrected chi connectivity index (χ4v) is 9.51. The zero-order valence-corrected chi connectivity index (χ0v) is 24.4. The lowest BCUT2D eigenvalue weighted by Gasteiger charge is -2.47. The first-order chi connectivity index (χ1) is 21.3. The predicted octanol–water partition coefficient (Wildman–Crippen LogP) is 8.92. The smallest absolute Gasteiger partial charge is 0.252 e. The van der Waals surface area contributed by atoms with Crippen LogP contribution in [0.2, 0.25) is 0 Å². The van der Waals surface area contributed by atoms with Crippen LogP contribution in [0.3, 0.4) is 0 Å². The molecule has 43 heavy (non-hydrogen) atoms. The van der Waals surface area contributed by atoms with E-state index in [9.17, 15) is 0 Å². The maximum atomic E-state index is 7.68. The van der Waals surface area contributed by atoms with E-state index in [2.05, 4.69) is 118 Å². The summed E-state index contributed by atoms with van der Waals surface area (Å²) in [5.41, 5.74) is 14.3. The van der Waals surface area contributed by atoms with Crippen molar-refractivity contribution in [2.75, 3.05) is 9.80 Å². The molecular weight excluding hydrogens is 561 g/mol. The van der Waals surface area contributed by atoms with Crippen LogP contribution in [0.4, 0.5) is 39.8 Å². The summed E-state index contributed by atoms with van der Waals surface area (Å²) in [5, 5.41) is 0. The van der Waals surface area contributed by atoms with Gasteiger partial charge in [-0.05, 0) is 82.1 Å². The molecule has 0 atom stereocenters. The number of anilines is 6. The lowest BCUT2D eigenvalue weighted by atomic mass is 9.33. The standard InChI is InChI=1S/C37H20BN3S2/c1-39-24-10-6-9-22(19-24)23-20-29-35-30(21-23)41-28-14-3-5-16-32(28)43-34-18-8-12-26(37(34)41)38(35)25-11-7-17-33-36(25)40(29)27-13-2-4-15-31(27)42-33/h2-21H. The third kappa shape index (κ3) is 3.13. The average Bonchev–Trinajstić information content (AvgIpc) is 3.06. The molecule has 198 valence electrons. The second-order valence-electron chi connectivity index (χ2n) is 11.2. The minimum absolute atomic E-state index is 0.114. The minimum atomic E-state index is 0.114. The molecule has 0 saturated heterocycles. The quantitative estimate of drug-likeness (QED) is 0.142. The van der Waals surface area contributed by atoms with Gasteiger partial charge < -0.3 is 9.80 Å². The predicted molar refractivity (Wildman–Crippen MR) is 180 cm³/mol. The van der Waals surface area contributed by atoms with E-state index in [1.165, 1.54) is 70.1 Å². The van der Waals surface area contributed by atoms with Gasteiger partial charge in [-0.25, -0.2) is 4.85 Å². The highest BCUT2D eigenvalue weighted by Crippen LogP contribution is 2.57. The van der Waals surface area contributed by atoms with Crippen molar-refractivity contribution in [3.63, 3.8) is 0 Å². The van der Waals surface area contributed by atoms with Gasteiger partial charge in [0.1, 0.15) is 0 Å². The monoisotopic (exact) mass is 581 g/mol. The fourth-order valence-electron chi connectivity index (χ4n) is 7.31. The summed E-state index contributed by atoms with van der Waals surface area (Å²) in [6, 6.07) is 44.0. The molecule has 4 aliphatic heterocycles. The van der Waals surface area contributed by atoms with Gasteiger partial charge in [0.05, 0.1) is 29.3 Å². The second kappa shape index (κ2) is 8.61. The SMILES string of the molecule is [C-]#[N+]c1cccc(-c2cc3c4c(c2)N2c5ccccc5Sc5cccc(c52)B4c2cccc4c2N3c2ccccc2S4)c1. The van der Waals surface area contributed by atoms with Crippen molar-refractivity contribution in [2.24, 2.45) is 0 Å². The summed E-state index contributed by atoms with van der Waals surface area (Å²) in [7, 11) is 0. The van der Waals surface area contributed by atoms with Crippen molar-refractivity contribution in [1.82, 2.24) is 0 Å². The Labute approximate surface area is 258 Å². The van der Waals surface area contributed by atoms with Crippen LogP contribution in [0.1, 0.15) is 0 Å². The highest BCUT2D eigenvalue weighted by molar-refractivity contribution is 8.00. The molecule has 6 aromatic rings. The van der Waals surface area contributed by atoms with Gasteiger partial charge in [-0.15, -0.1) is 0 Å². The van der Waals surface area contributed by atoms with Crippen molar-refractivity contribution in [1.29, 1.82) is 0 Å². The average molecular weight is 582 g/mol. The van der Waals surface area contributed by atoms with E-state index in [0.29, 0.717) is 5.69 Å². The van der Waals surface area contributed by atoms with Crippen molar-refractivity contribution in [2.45, 2.75) is 19.6 Å². The zero-order valence-electron chi connectivity index (χ0n) is 22.8. The molecule has 0 saturated carbocycles. The van der Waals surface area contributed by atoms with Crippen molar-refractivity contribution < 1.29 is 0 Å². The Kier molecular flexibility index (Phi) is 4.75. The van der Waals surface area contributed by atoms with Crippen LogP contribution in [-0.2, 0) is 0 Å². The number of nitrogens with zero attached hydrogens (tertiary/aromatic N) is 3. The Balaban J connectivity index is 1.37. The van der Waals surface area contributed by atoms with E-state index in [-0.39, 0.29) is 6.71 Å². The first-order valence-corrected chi connectivity index (χ1v) is 16.0. The summed E-state index contributed by atoms with van der Waals surface area (Å²) in [6.07, 6.45) is 0. The van der Waals surface area contributed by atoms with Crippen molar-refractivity contribution >= 4 is 86.4 Å². The first-order valence-electron chi connectivity index (χ1n) is 14.3. The molecule has 0 N–H and O–H groups in total. The van der Waals surface area contributed by atoms with Gasteiger partial charge in [0.2, 0.25) is 0 Å². The number of hydrogen-bond donors (Lipinski definition) is 0. The summed E-state index contributed by atoms with van der Waals surface area (Å²) >= 11 is 3.73. The van der Waals surface area contributed by atoms with Gasteiger partial charge in [0.25, 0.3) is 6.71 Å². The van der Waals surface area contributed by atoms with Gasteiger partial charge in [0.15, 0.2) is 5.69 Å². The third-order valence-corrected chi connectivity index (χ3v) is 11.2. The van der Waals surface area contributed by atoms with Crippen LogP contribution in [0.25, 0.3) is 16.0 Å². The Hall–Kier alpha value is -4.83. The number of benzene rings is 6. The molecule has 0 aliphatic carbocycles. The Morgan fingerprint density at radius 1 is 0.512 bits per heavy atom. The minimum Gasteiger partial charge on any atom is -0.309 e. The molecule has 0 aromatic heterocycles. The first kappa shape index (κ1) is 23.7. The highest BCUT2D eigenvalue weighted by Gasteiger charge is 2.47. The van der Waals surface area contributed by atoms with E-state index in [1.807, 2.05) is 41.7 Å². The van der Waals surface area contributed by atoms with E-state index in [1.54, 1.807) is 0 Å². The Morgan fingerprint density at radius 2 is 1.05 bits per heavy atom. The molecule has 3 nitrogen and oxygen atoms in total. The van der Waals surface area contributed by atoms with Gasteiger partial charge in [-0.3, -0.25) is 0 Å². The molecule has 0 bridgehead atoms. The lowest BCUT2D eigenvalue weighted by molar-refractivity contribution is 1.15. The number of para-hydroxylation sites is 4. The van der Waals surface area contributed by atoms with Gasteiger partial charge in [-0.2, -0.15) is 0 Å². The fraction of sp³-hybridized carbons (Fsp3) is 0. The zero-order chi connectivity index (χ0) is 28.2. The highest BCUT2D eigenvalue weighted by atomic mass is 32.2. The summed E-state index contributed by atoms with van der Waals surface area (Å²) in [4.78, 5) is 13.9. The largest absolute Gasteiger partial charge is 0.309 e. The molecule has 6 heteroatoms. The maximum Gasteiger partial charge on any atom is 0.252 e. The summed E-state index contributed by atoms with van der Waals surface area (Å²) < 4.78 is 0. The Bertz CT molecular complexity index is 2130. The molecule has 0 fully saturated rings. The number of rotatable bonds is 1. The van der Waals surface area contributed by atoms with Crippen LogP contribution in [0.15, 0.2) is 141 Å². The topological polar surface area (TPSA) is 10.8 Å². The second-order valence-corrected chi connectivity index (χ2v) is 13.4. The lowest BCUT2D eigenvalue weighted by Crippen LogP contribution is -2.62. The van der Waals surface area contributed by atoms with Gasteiger partial charge in [-0.1, -0.05) is 90.3 Å². The third-order valence-electron chi connectivity index (χ3n) is 9.00. The van der Waals surface area contributed by atoms with Crippen LogP contribution >= 0.6 is 23.5 Å². The molecule has 6 aromatic carbocycles. The number of hydrogen-bond acceptors (Lipinski definition) is 4. The van der Waals surface area contributed by atoms with Crippen LogP contribution in [0, 0.1) is 6.57 Å². The molecule has 0 radical (unpaired) electrons. The van der Waals surface area contributed by atoms with Gasteiger partial charge >= 0.3 is 0 Å². The molecule has 10 rings (SSSR count). The summed E-state index contributed by atoms with van der Waals surface area (Å²) in [5.74, 6) is 0. The van der Waals surface area contributed by atoms with Crippen molar-refractivity contribution in [3.8, 4) is 11.1 Å². The summed E-state index contributed by atoms with van der Waals surface area (Å²) in [6.45, 7) is 7.80. The molecular formula is C37H20BN3S2. The molecule has 0 spiro atoms. The van der Waals surface area contributed by atoms with Crippen molar-refractivity contribution in [3.05, 3.63) is 133 Å². The molecule has 4 heterocycles. The normalized spacial score (nSPS) is 14.2. The van der Waals surface area contributed by atoms with E-state index >= 15 is 0 Å². The molecule has 0 amide bonds. The number of fused-ring (bicyclic) bond motifs is 8. The van der Waals surface area contributed by atoms with Gasteiger partial charge in [0, 0.05) is 31.0 Å². The van der Waals surface area contributed by atoms with Crippen LogP contribution in [0.5, 0.6) is 0 Å². The van der Waals surface area contributed by atoms with E-state index in [4.69, 9.17) is 6.57 Å². The van der Waals surface area contributed by atoms with E-state index < -0.39 is 0 Å². The van der Waals surface area contributed by atoms with E-state index in [0.717, 1.165) is 11.1 Å².